The van der Waals surface area contributed by atoms with Gasteiger partial charge in [0.05, 0.1) is 10.7 Å². The molecule has 4 heteroatoms. The van der Waals surface area contributed by atoms with Crippen LogP contribution in [-0.4, -0.2) is 11.5 Å². The van der Waals surface area contributed by atoms with E-state index in [0.29, 0.717) is 11.1 Å². The molecule has 2 rings (SSSR count). The van der Waals surface area contributed by atoms with E-state index < -0.39 is 0 Å². The lowest BCUT2D eigenvalue weighted by atomic mass is 10.1. The summed E-state index contributed by atoms with van der Waals surface area (Å²) in [6.07, 6.45) is 3.86. The molecule has 0 saturated heterocycles. The van der Waals surface area contributed by atoms with Gasteiger partial charge in [0.15, 0.2) is 0 Å². The minimum atomic E-state index is 0.300. The van der Waals surface area contributed by atoms with Crippen molar-refractivity contribution in [3.63, 3.8) is 0 Å². The normalized spacial score (nSPS) is 12.6. The SMILES string of the molecule is CCNC(CCc1cccs1)c1ccc(Cl)cn1. The van der Waals surface area contributed by atoms with E-state index in [2.05, 4.69) is 34.7 Å². The van der Waals surface area contributed by atoms with Crippen molar-refractivity contribution in [3.8, 4) is 0 Å². The highest BCUT2D eigenvalue weighted by Crippen LogP contribution is 2.20. The van der Waals surface area contributed by atoms with Crippen LogP contribution in [0.4, 0.5) is 0 Å². The molecule has 0 spiro atoms. The lowest BCUT2D eigenvalue weighted by Gasteiger charge is -2.17. The molecule has 0 fully saturated rings. The Morgan fingerprint density at radius 1 is 1.39 bits per heavy atom. The molecule has 1 N–H and O–H groups in total. The third-order valence-electron chi connectivity index (χ3n) is 2.82. The van der Waals surface area contributed by atoms with Crippen LogP contribution in [0.1, 0.15) is 30.0 Å². The predicted molar refractivity (Wildman–Crippen MR) is 78.3 cm³/mol. The first-order valence-corrected chi connectivity index (χ1v) is 7.42. The summed E-state index contributed by atoms with van der Waals surface area (Å²) in [6.45, 7) is 3.06. The number of hydrogen-bond acceptors (Lipinski definition) is 3. The maximum atomic E-state index is 5.87. The zero-order chi connectivity index (χ0) is 12.8. The summed E-state index contributed by atoms with van der Waals surface area (Å²) in [6, 6.07) is 8.49. The Bertz CT molecular complexity index is 453. The van der Waals surface area contributed by atoms with Crippen molar-refractivity contribution in [3.05, 3.63) is 51.4 Å². The van der Waals surface area contributed by atoms with Crippen molar-refractivity contribution in [1.29, 1.82) is 0 Å². The van der Waals surface area contributed by atoms with Gasteiger partial charge in [-0.1, -0.05) is 24.6 Å². The lowest BCUT2D eigenvalue weighted by Crippen LogP contribution is -2.22. The maximum absolute atomic E-state index is 5.87. The van der Waals surface area contributed by atoms with E-state index in [4.69, 9.17) is 11.6 Å². The average Bonchev–Trinajstić information content (AvgIpc) is 2.89. The number of pyridine rings is 1. The molecule has 1 unspecified atom stereocenters. The number of hydrogen-bond donors (Lipinski definition) is 1. The number of thiophene rings is 1. The summed E-state index contributed by atoms with van der Waals surface area (Å²) in [4.78, 5) is 5.83. The number of aromatic nitrogens is 1. The predicted octanol–water partition coefficient (Wildman–Crippen LogP) is 4.08. The fourth-order valence-corrected chi connectivity index (χ4v) is 2.77. The molecule has 2 aromatic rings. The molecule has 0 aliphatic carbocycles. The first-order valence-electron chi connectivity index (χ1n) is 6.17. The van der Waals surface area contributed by atoms with Crippen molar-refractivity contribution in [1.82, 2.24) is 10.3 Å². The molecule has 2 nitrogen and oxygen atoms in total. The van der Waals surface area contributed by atoms with Gasteiger partial charge in [0.2, 0.25) is 0 Å². The Morgan fingerprint density at radius 3 is 2.89 bits per heavy atom. The molecule has 0 saturated carbocycles. The van der Waals surface area contributed by atoms with Crippen molar-refractivity contribution in [2.24, 2.45) is 0 Å². The largest absolute Gasteiger partial charge is 0.309 e. The summed E-state index contributed by atoms with van der Waals surface area (Å²) >= 11 is 7.68. The van der Waals surface area contributed by atoms with Crippen LogP contribution in [-0.2, 0) is 6.42 Å². The van der Waals surface area contributed by atoms with Crippen LogP contribution < -0.4 is 5.32 Å². The van der Waals surface area contributed by atoms with E-state index >= 15 is 0 Å². The molecular formula is C14H17ClN2S. The summed E-state index contributed by atoms with van der Waals surface area (Å²) < 4.78 is 0. The summed E-state index contributed by atoms with van der Waals surface area (Å²) in [5.74, 6) is 0. The van der Waals surface area contributed by atoms with Gasteiger partial charge >= 0.3 is 0 Å². The van der Waals surface area contributed by atoms with Crippen LogP contribution in [0.15, 0.2) is 35.8 Å². The van der Waals surface area contributed by atoms with Crippen LogP contribution >= 0.6 is 22.9 Å². The third-order valence-corrected chi connectivity index (χ3v) is 3.98. The van der Waals surface area contributed by atoms with Crippen molar-refractivity contribution < 1.29 is 0 Å². The number of halogens is 1. The summed E-state index contributed by atoms with van der Waals surface area (Å²) in [7, 11) is 0. The van der Waals surface area contributed by atoms with Gasteiger partial charge in [-0.25, -0.2) is 0 Å². The number of aryl methyl sites for hydroxylation is 1. The van der Waals surface area contributed by atoms with Crippen LogP contribution in [0.2, 0.25) is 5.02 Å². The zero-order valence-corrected chi connectivity index (χ0v) is 12.0. The van der Waals surface area contributed by atoms with Crippen molar-refractivity contribution in [2.75, 3.05) is 6.54 Å². The van der Waals surface area contributed by atoms with Gasteiger partial charge in [-0.15, -0.1) is 11.3 Å². The van der Waals surface area contributed by atoms with Crippen molar-refractivity contribution in [2.45, 2.75) is 25.8 Å². The molecule has 2 aromatic heterocycles. The first-order chi connectivity index (χ1) is 8.79. The molecule has 0 amide bonds. The van der Waals surface area contributed by atoms with Crippen molar-refractivity contribution >= 4 is 22.9 Å². The van der Waals surface area contributed by atoms with E-state index in [9.17, 15) is 0 Å². The highest BCUT2D eigenvalue weighted by Gasteiger charge is 2.11. The summed E-state index contributed by atoms with van der Waals surface area (Å²) in [5, 5.41) is 6.29. The third kappa shape index (κ3) is 3.80. The number of rotatable bonds is 6. The first kappa shape index (κ1) is 13.5. The fraction of sp³-hybridized carbons (Fsp3) is 0.357. The van der Waals surface area contributed by atoms with Gasteiger partial charge in [-0.2, -0.15) is 0 Å². The Labute approximate surface area is 117 Å². The van der Waals surface area contributed by atoms with Crippen LogP contribution in [0.5, 0.6) is 0 Å². The van der Waals surface area contributed by atoms with E-state index in [1.54, 1.807) is 6.20 Å². The molecule has 0 aliphatic rings. The quantitative estimate of drug-likeness (QED) is 0.862. The smallest absolute Gasteiger partial charge is 0.0589 e. The van der Waals surface area contributed by atoms with Crippen LogP contribution in [0, 0.1) is 0 Å². The monoisotopic (exact) mass is 280 g/mol. The lowest BCUT2D eigenvalue weighted by molar-refractivity contribution is 0.505. The highest BCUT2D eigenvalue weighted by molar-refractivity contribution is 7.09. The molecule has 96 valence electrons. The second kappa shape index (κ2) is 6.88. The molecule has 0 bridgehead atoms. The van der Waals surface area contributed by atoms with Gasteiger partial charge in [-0.3, -0.25) is 4.98 Å². The van der Waals surface area contributed by atoms with E-state index in [1.807, 2.05) is 23.5 Å². The van der Waals surface area contributed by atoms with E-state index in [0.717, 1.165) is 25.1 Å². The molecule has 1 atom stereocenters. The van der Waals surface area contributed by atoms with Gasteiger partial charge < -0.3 is 5.32 Å². The average molecular weight is 281 g/mol. The molecule has 0 radical (unpaired) electrons. The highest BCUT2D eigenvalue weighted by atomic mass is 35.5. The second-order valence-electron chi connectivity index (χ2n) is 4.13. The van der Waals surface area contributed by atoms with Crippen LogP contribution in [0.3, 0.4) is 0 Å². The molecule has 18 heavy (non-hydrogen) atoms. The fourth-order valence-electron chi connectivity index (χ4n) is 1.94. The zero-order valence-electron chi connectivity index (χ0n) is 10.4. The minimum Gasteiger partial charge on any atom is -0.309 e. The van der Waals surface area contributed by atoms with Gasteiger partial charge in [0, 0.05) is 17.1 Å². The maximum Gasteiger partial charge on any atom is 0.0589 e. The molecular weight excluding hydrogens is 264 g/mol. The Kier molecular flexibility index (Phi) is 5.17. The summed E-state index contributed by atoms with van der Waals surface area (Å²) in [5.41, 5.74) is 1.07. The molecule has 0 aromatic carbocycles. The molecule has 2 heterocycles. The van der Waals surface area contributed by atoms with Gasteiger partial charge in [0.25, 0.3) is 0 Å². The Balaban J connectivity index is 2.01. The van der Waals surface area contributed by atoms with E-state index in [-0.39, 0.29) is 0 Å². The second-order valence-corrected chi connectivity index (χ2v) is 5.60. The van der Waals surface area contributed by atoms with E-state index in [1.165, 1.54) is 4.88 Å². The molecule has 0 aliphatic heterocycles. The van der Waals surface area contributed by atoms with Crippen LogP contribution in [0.25, 0.3) is 0 Å². The Morgan fingerprint density at radius 2 is 2.28 bits per heavy atom. The Hall–Kier alpha value is -0.900. The minimum absolute atomic E-state index is 0.300. The number of nitrogens with zero attached hydrogens (tertiary/aromatic N) is 1. The topological polar surface area (TPSA) is 24.9 Å². The number of nitrogens with one attached hydrogen (secondary N) is 1. The van der Waals surface area contributed by atoms with Gasteiger partial charge in [0.1, 0.15) is 0 Å². The standard InChI is InChI=1S/C14H17ClN2S/c1-2-16-13(8-6-12-4-3-9-18-12)14-7-5-11(15)10-17-14/h3-5,7,9-10,13,16H,2,6,8H2,1H3. The van der Waals surface area contributed by atoms with Gasteiger partial charge in [-0.05, 0) is 43.0 Å².